The third-order valence-corrected chi connectivity index (χ3v) is 2.74. The second-order valence-electron chi connectivity index (χ2n) is 3.97. The number of esters is 1. The Balaban J connectivity index is 2.39. The number of carbonyl (C=O) groups excluding carboxylic acids is 1. The molecule has 18 heavy (non-hydrogen) atoms. The lowest BCUT2D eigenvalue weighted by molar-refractivity contribution is -0.142. The van der Waals surface area contributed by atoms with Crippen LogP contribution in [0.15, 0.2) is 41.3 Å². The molecule has 3 nitrogen and oxygen atoms in total. The third-order valence-electron chi connectivity index (χ3n) is 2.74. The number of para-hydroxylation sites is 1. The maximum Gasteiger partial charge on any atom is 0.313 e. The van der Waals surface area contributed by atoms with Crippen molar-refractivity contribution in [1.82, 2.24) is 0 Å². The van der Waals surface area contributed by atoms with Gasteiger partial charge < -0.3 is 9.15 Å². The van der Waals surface area contributed by atoms with Crippen LogP contribution in [0.25, 0.3) is 11.0 Å². The lowest BCUT2D eigenvalue weighted by Crippen LogP contribution is -2.08. The number of carbonyl (C=O) groups is 1. The molecule has 1 aromatic carbocycles. The van der Waals surface area contributed by atoms with E-state index in [1.54, 1.807) is 6.92 Å². The van der Waals surface area contributed by atoms with Gasteiger partial charge >= 0.3 is 5.97 Å². The molecule has 0 aliphatic rings. The zero-order chi connectivity index (χ0) is 13.0. The third kappa shape index (κ3) is 2.45. The molecule has 0 saturated heterocycles. The van der Waals surface area contributed by atoms with Crippen LogP contribution in [-0.2, 0) is 22.4 Å². The number of allylic oxidation sites excluding steroid dienone is 1. The highest BCUT2D eigenvalue weighted by atomic mass is 16.5. The first kappa shape index (κ1) is 12.4. The summed E-state index contributed by atoms with van der Waals surface area (Å²) >= 11 is 0. The van der Waals surface area contributed by atoms with Gasteiger partial charge in [-0.3, -0.25) is 4.79 Å². The summed E-state index contributed by atoms with van der Waals surface area (Å²) in [4.78, 5) is 11.5. The van der Waals surface area contributed by atoms with Crippen LogP contribution >= 0.6 is 0 Å². The molecule has 3 heteroatoms. The summed E-state index contributed by atoms with van der Waals surface area (Å²) in [7, 11) is 0. The summed E-state index contributed by atoms with van der Waals surface area (Å²) in [5.41, 5.74) is 1.82. The second kappa shape index (κ2) is 5.54. The van der Waals surface area contributed by atoms with Crippen LogP contribution in [0.1, 0.15) is 18.2 Å². The maximum atomic E-state index is 11.5. The molecule has 0 fully saturated rings. The predicted molar refractivity (Wildman–Crippen MR) is 70.5 cm³/mol. The van der Waals surface area contributed by atoms with Gasteiger partial charge in [-0.2, -0.15) is 0 Å². The van der Waals surface area contributed by atoms with Crippen LogP contribution in [0.2, 0.25) is 0 Å². The molecular weight excluding hydrogens is 228 g/mol. The van der Waals surface area contributed by atoms with Crippen LogP contribution in [0.3, 0.4) is 0 Å². The molecule has 0 atom stereocenters. The summed E-state index contributed by atoms with van der Waals surface area (Å²) in [5.74, 6) is 0.413. The fourth-order valence-corrected chi connectivity index (χ4v) is 2.00. The van der Waals surface area contributed by atoms with Gasteiger partial charge in [0, 0.05) is 10.9 Å². The molecule has 0 radical (unpaired) electrons. The Bertz CT molecular complexity index is 566. The monoisotopic (exact) mass is 244 g/mol. The topological polar surface area (TPSA) is 39.4 Å². The van der Waals surface area contributed by atoms with Gasteiger partial charge in [-0.1, -0.05) is 24.3 Å². The van der Waals surface area contributed by atoms with E-state index in [2.05, 4.69) is 6.58 Å². The maximum absolute atomic E-state index is 11.5. The van der Waals surface area contributed by atoms with E-state index in [1.165, 1.54) is 0 Å². The summed E-state index contributed by atoms with van der Waals surface area (Å²) in [6, 6.07) is 7.76. The summed E-state index contributed by atoms with van der Waals surface area (Å²) < 4.78 is 10.7. The minimum absolute atomic E-state index is 0.172. The Morgan fingerprint density at radius 1 is 1.44 bits per heavy atom. The first-order chi connectivity index (χ1) is 8.76. The number of rotatable bonds is 5. The number of fused-ring (bicyclic) bond motifs is 1. The van der Waals surface area contributed by atoms with E-state index in [0.29, 0.717) is 18.8 Å². The Labute approximate surface area is 106 Å². The average Bonchev–Trinajstić information content (AvgIpc) is 2.68. The van der Waals surface area contributed by atoms with Gasteiger partial charge in [0.2, 0.25) is 0 Å². The molecule has 94 valence electrons. The molecule has 1 heterocycles. The largest absolute Gasteiger partial charge is 0.466 e. The second-order valence-corrected chi connectivity index (χ2v) is 3.97. The van der Waals surface area contributed by atoms with E-state index >= 15 is 0 Å². The van der Waals surface area contributed by atoms with Gasteiger partial charge in [0.1, 0.15) is 17.8 Å². The number of hydrogen-bond acceptors (Lipinski definition) is 3. The van der Waals surface area contributed by atoms with Crippen molar-refractivity contribution in [1.29, 1.82) is 0 Å². The molecule has 2 aromatic rings. The summed E-state index contributed by atoms with van der Waals surface area (Å²) in [6.45, 7) is 5.92. The van der Waals surface area contributed by atoms with Gasteiger partial charge in [0.05, 0.1) is 6.61 Å². The van der Waals surface area contributed by atoms with E-state index in [4.69, 9.17) is 9.15 Å². The van der Waals surface area contributed by atoms with E-state index in [1.807, 2.05) is 30.3 Å². The molecule has 0 aliphatic heterocycles. The van der Waals surface area contributed by atoms with Crippen LogP contribution in [0, 0.1) is 0 Å². The molecule has 2 rings (SSSR count). The van der Waals surface area contributed by atoms with Gasteiger partial charge in [-0.25, -0.2) is 0 Å². The zero-order valence-corrected chi connectivity index (χ0v) is 10.4. The molecule has 0 spiro atoms. The first-order valence-corrected chi connectivity index (χ1v) is 6.02. The Morgan fingerprint density at radius 3 is 2.94 bits per heavy atom. The molecule has 1 aromatic heterocycles. The fourth-order valence-electron chi connectivity index (χ4n) is 2.00. The highest BCUT2D eigenvalue weighted by Crippen LogP contribution is 2.27. The van der Waals surface area contributed by atoms with Gasteiger partial charge in [-0.15, -0.1) is 6.58 Å². The van der Waals surface area contributed by atoms with Crippen LogP contribution < -0.4 is 0 Å². The highest BCUT2D eigenvalue weighted by Gasteiger charge is 2.16. The smallest absolute Gasteiger partial charge is 0.313 e. The van der Waals surface area contributed by atoms with Crippen molar-refractivity contribution in [3.8, 4) is 0 Å². The minimum Gasteiger partial charge on any atom is -0.466 e. The highest BCUT2D eigenvalue weighted by molar-refractivity contribution is 5.84. The molecule has 0 N–H and O–H groups in total. The van der Waals surface area contributed by atoms with E-state index in [0.717, 1.165) is 16.5 Å². The van der Waals surface area contributed by atoms with Crippen molar-refractivity contribution in [3.63, 3.8) is 0 Å². The molecule has 0 saturated carbocycles. The predicted octanol–water partition coefficient (Wildman–Crippen LogP) is 3.27. The SMILES string of the molecule is C=CCc1c(CC(=O)OCC)oc2ccccc12. The lowest BCUT2D eigenvalue weighted by atomic mass is 10.1. The van der Waals surface area contributed by atoms with Gasteiger partial charge in [-0.05, 0) is 19.4 Å². The molecule has 0 aliphatic carbocycles. The fraction of sp³-hybridized carbons (Fsp3) is 0.267. The van der Waals surface area contributed by atoms with Gasteiger partial charge in [0.15, 0.2) is 0 Å². The average molecular weight is 244 g/mol. The van der Waals surface area contributed by atoms with Crippen molar-refractivity contribution >= 4 is 16.9 Å². The summed E-state index contributed by atoms with van der Waals surface area (Å²) in [5, 5.41) is 1.04. The van der Waals surface area contributed by atoms with Crippen molar-refractivity contribution in [3.05, 3.63) is 48.2 Å². The molecule has 0 amide bonds. The Kier molecular flexibility index (Phi) is 3.82. The van der Waals surface area contributed by atoms with Crippen molar-refractivity contribution < 1.29 is 13.9 Å². The van der Waals surface area contributed by atoms with Crippen molar-refractivity contribution in [2.75, 3.05) is 6.61 Å². The van der Waals surface area contributed by atoms with Crippen LogP contribution in [0.4, 0.5) is 0 Å². The number of hydrogen-bond donors (Lipinski definition) is 0. The number of benzene rings is 1. The number of ether oxygens (including phenoxy) is 1. The number of furan rings is 1. The van der Waals surface area contributed by atoms with Crippen molar-refractivity contribution in [2.45, 2.75) is 19.8 Å². The van der Waals surface area contributed by atoms with E-state index in [-0.39, 0.29) is 12.4 Å². The Morgan fingerprint density at radius 2 is 2.22 bits per heavy atom. The minimum atomic E-state index is -0.262. The standard InChI is InChI=1S/C15H16O3/c1-3-7-11-12-8-5-6-9-13(12)18-14(11)10-15(16)17-4-2/h3,5-6,8-9H,1,4,7,10H2,2H3. The Hall–Kier alpha value is -2.03. The lowest BCUT2D eigenvalue weighted by Gasteiger charge is -2.01. The normalized spacial score (nSPS) is 10.5. The zero-order valence-electron chi connectivity index (χ0n) is 10.4. The quantitative estimate of drug-likeness (QED) is 0.598. The molecule has 0 unspecified atom stereocenters. The summed E-state index contributed by atoms with van der Waals surface area (Å²) in [6.07, 6.45) is 2.67. The molecular formula is C15H16O3. The van der Waals surface area contributed by atoms with Crippen LogP contribution in [0.5, 0.6) is 0 Å². The van der Waals surface area contributed by atoms with E-state index < -0.39 is 0 Å². The first-order valence-electron chi connectivity index (χ1n) is 6.02. The van der Waals surface area contributed by atoms with E-state index in [9.17, 15) is 4.79 Å². The van der Waals surface area contributed by atoms with Crippen molar-refractivity contribution in [2.24, 2.45) is 0 Å². The van der Waals surface area contributed by atoms with Gasteiger partial charge in [0.25, 0.3) is 0 Å². The van der Waals surface area contributed by atoms with Crippen LogP contribution in [-0.4, -0.2) is 12.6 Å². The molecule has 0 bridgehead atoms.